The maximum Gasteiger partial charge on any atom is 0.239 e. The van der Waals surface area contributed by atoms with Gasteiger partial charge in [-0.3, -0.25) is 9.59 Å². The molecule has 0 saturated heterocycles. The SMILES string of the molecule is CCCCc1ccc(-n2nnnc2SCC(=O)N(C)CC(=O)NC)cc1. The first-order valence-electron chi connectivity index (χ1n) is 8.50. The van der Waals surface area contributed by atoms with E-state index in [-0.39, 0.29) is 24.1 Å². The Bertz CT molecular complexity index is 731. The van der Waals surface area contributed by atoms with E-state index < -0.39 is 0 Å². The van der Waals surface area contributed by atoms with Crippen molar-refractivity contribution in [3.63, 3.8) is 0 Å². The van der Waals surface area contributed by atoms with Crippen molar-refractivity contribution in [3.05, 3.63) is 29.8 Å². The molecule has 1 aromatic carbocycles. The fourth-order valence-corrected chi connectivity index (χ4v) is 3.07. The van der Waals surface area contributed by atoms with Crippen LogP contribution in [0.1, 0.15) is 25.3 Å². The van der Waals surface area contributed by atoms with Gasteiger partial charge in [0.2, 0.25) is 17.0 Å². The van der Waals surface area contributed by atoms with Crippen molar-refractivity contribution in [2.45, 2.75) is 31.3 Å². The third-order valence-electron chi connectivity index (χ3n) is 3.85. The average Bonchev–Trinajstić information content (AvgIpc) is 3.13. The van der Waals surface area contributed by atoms with Crippen LogP contribution in [-0.2, 0) is 16.0 Å². The van der Waals surface area contributed by atoms with E-state index >= 15 is 0 Å². The number of carbonyl (C=O) groups is 2. The number of likely N-dealkylation sites (N-methyl/N-ethyl adjacent to an activating group) is 2. The van der Waals surface area contributed by atoms with Crippen LogP contribution in [0, 0.1) is 0 Å². The summed E-state index contributed by atoms with van der Waals surface area (Å²) in [6, 6.07) is 8.10. The third kappa shape index (κ3) is 5.55. The highest BCUT2D eigenvalue weighted by atomic mass is 32.2. The second kappa shape index (κ2) is 9.91. The van der Waals surface area contributed by atoms with Gasteiger partial charge in [-0.2, -0.15) is 4.68 Å². The lowest BCUT2D eigenvalue weighted by molar-refractivity contribution is -0.132. The molecular weight excluding hydrogens is 352 g/mol. The molecule has 140 valence electrons. The number of rotatable bonds is 9. The summed E-state index contributed by atoms with van der Waals surface area (Å²) in [4.78, 5) is 24.9. The second-order valence-corrected chi connectivity index (χ2v) is 6.80. The number of nitrogens with zero attached hydrogens (tertiary/aromatic N) is 5. The average molecular weight is 376 g/mol. The molecule has 0 atom stereocenters. The molecule has 1 heterocycles. The van der Waals surface area contributed by atoms with Gasteiger partial charge in [-0.1, -0.05) is 37.2 Å². The Hall–Kier alpha value is -2.42. The number of amides is 2. The number of aromatic nitrogens is 4. The van der Waals surface area contributed by atoms with Crippen LogP contribution in [0.4, 0.5) is 0 Å². The molecule has 26 heavy (non-hydrogen) atoms. The second-order valence-electron chi connectivity index (χ2n) is 5.85. The number of benzene rings is 1. The smallest absolute Gasteiger partial charge is 0.239 e. The zero-order chi connectivity index (χ0) is 18.9. The van der Waals surface area contributed by atoms with E-state index in [0.717, 1.165) is 24.9 Å². The first-order chi connectivity index (χ1) is 12.5. The van der Waals surface area contributed by atoms with Gasteiger partial charge in [-0.05, 0) is 41.0 Å². The largest absolute Gasteiger partial charge is 0.358 e. The Morgan fingerprint density at radius 1 is 1.27 bits per heavy atom. The molecule has 0 spiro atoms. The van der Waals surface area contributed by atoms with Crippen LogP contribution in [0.15, 0.2) is 29.4 Å². The van der Waals surface area contributed by atoms with Crippen LogP contribution in [0.3, 0.4) is 0 Å². The molecule has 1 aromatic heterocycles. The Kier molecular flexibility index (Phi) is 7.58. The molecule has 9 heteroatoms. The summed E-state index contributed by atoms with van der Waals surface area (Å²) in [5, 5.41) is 14.7. The van der Waals surface area contributed by atoms with Crippen molar-refractivity contribution in [1.29, 1.82) is 0 Å². The van der Waals surface area contributed by atoms with Gasteiger partial charge in [0, 0.05) is 14.1 Å². The Labute approximate surface area is 157 Å². The summed E-state index contributed by atoms with van der Waals surface area (Å²) in [7, 11) is 3.13. The first-order valence-corrected chi connectivity index (χ1v) is 9.48. The maximum atomic E-state index is 12.1. The molecule has 0 unspecified atom stereocenters. The molecule has 0 aliphatic rings. The number of unbranched alkanes of at least 4 members (excludes halogenated alkanes) is 1. The third-order valence-corrected chi connectivity index (χ3v) is 4.76. The summed E-state index contributed by atoms with van der Waals surface area (Å²) in [5.74, 6) is -0.218. The van der Waals surface area contributed by atoms with Gasteiger partial charge in [-0.15, -0.1) is 5.10 Å². The molecule has 0 saturated carbocycles. The molecule has 0 bridgehead atoms. The molecule has 2 aromatic rings. The zero-order valence-corrected chi connectivity index (χ0v) is 16.1. The van der Waals surface area contributed by atoms with Gasteiger partial charge in [0.05, 0.1) is 18.0 Å². The normalized spacial score (nSPS) is 10.6. The van der Waals surface area contributed by atoms with E-state index in [9.17, 15) is 9.59 Å². The molecule has 2 amide bonds. The molecule has 2 rings (SSSR count). The van der Waals surface area contributed by atoms with Crippen molar-refractivity contribution in [1.82, 2.24) is 30.4 Å². The molecule has 0 fully saturated rings. The Balaban J connectivity index is 1.97. The van der Waals surface area contributed by atoms with Gasteiger partial charge < -0.3 is 10.2 Å². The molecule has 1 N–H and O–H groups in total. The highest BCUT2D eigenvalue weighted by molar-refractivity contribution is 7.99. The number of thioether (sulfide) groups is 1. The summed E-state index contributed by atoms with van der Waals surface area (Å²) in [5.41, 5.74) is 2.13. The number of aryl methyl sites for hydroxylation is 1. The molecular formula is C17H24N6O2S. The van der Waals surface area contributed by atoms with E-state index in [1.807, 2.05) is 12.1 Å². The van der Waals surface area contributed by atoms with Crippen molar-refractivity contribution in [2.75, 3.05) is 26.4 Å². The molecule has 8 nitrogen and oxygen atoms in total. The number of nitrogens with one attached hydrogen (secondary N) is 1. The van der Waals surface area contributed by atoms with Crippen LogP contribution < -0.4 is 5.32 Å². The minimum absolute atomic E-state index is 0.0278. The predicted octanol–water partition coefficient (Wildman–Crippen LogP) is 1.30. The predicted molar refractivity (Wildman–Crippen MR) is 100 cm³/mol. The Morgan fingerprint density at radius 2 is 2.00 bits per heavy atom. The summed E-state index contributed by atoms with van der Waals surface area (Å²) in [6.45, 7) is 2.20. The van der Waals surface area contributed by atoms with Gasteiger partial charge in [0.15, 0.2) is 0 Å². The lowest BCUT2D eigenvalue weighted by Crippen LogP contribution is -2.37. The van der Waals surface area contributed by atoms with Gasteiger partial charge >= 0.3 is 0 Å². The van der Waals surface area contributed by atoms with E-state index in [1.54, 1.807) is 11.7 Å². The van der Waals surface area contributed by atoms with Gasteiger partial charge in [0.1, 0.15) is 0 Å². The molecule has 0 aliphatic carbocycles. The van der Waals surface area contributed by atoms with Crippen molar-refractivity contribution in [3.8, 4) is 5.69 Å². The van der Waals surface area contributed by atoms with Crippen LogP contribution in [0.2, 0.25) is 0 Å². The quantitative estimate of drug-likeness (QED) is 0.663. The maximum absolute atomic E-state index is 12.1. The van der Waals surface area contributed by atoms with E-state index in [0.29, 0.717) is 5.16 Å². The number of carbonyl (C=O) groups excluding carboxylic acids is 2. The van der Waals surface area contributed by atoms with Crippen LogP contribution in [-0.4, -0.2) is 63.3 Å². The van der Waals surface area contributed by atoms with Gasteiger partial charge in [-0.25, -0.2) is 0 Å². The van der Waals surface area contributed by atoms with E-state index in [1.165, 1.54) is 29.3 Å². The van der Waals surface area contributed by atoms with Gasteiger partial charge in [0.25, 0.3) is 0 Å². The van der Waals surface area contributed by atoms with E-state index in [4.69, 9.17) is 0 Å². The minimum Gasteiger partial charge on any atom is -0.358 e. The number of tetrazole rings is 1. The fraction of sp³-hybridized carbons (Fsp3) is 0.471. The summed E-state index contributed by atoms with van der Waals surface area (Å²) >= 11 is 1.24. The standard InChI is InChI=1S/C17H24N6O2S/c1-4-5-6-13-7-9-14(10-8-13)23-17(19-20-21-23)26-12-16(25)22(3)11-15(24)18-2/h7-10H,4-6,11-12H2,1-3H3,(H,18,24). The van der Waals surface area contributed by atoms with Crippen molar-refractivity contribution < 1.29 is 9.59 Å². The fourth-order valence-electron chi connectivity index (χ4n) is 2.23. The van der Waals surface area contributed by atoms with Crippen LogP contribution >= 0.6 is 11.8 Å². The topological polar surface area (TPSA) is 93.0 Å². The lowest BCUT2D eigenvalue weighted by atomic mass is 10.1. The number of hydrogen-bond acceptors (Lipinski definition) is 6. The highest BCUT2D eigenvalue weighted by Gasteiger charge is 2.15. The highest BCUT2D eigenvalue weighted by Crippen LogP contribution is 2.19. The first kappa shape index (κ1) is 19.9. The van der Waals surface area contributed by atoms with E-state index in [2.05, 4.69) is 39.9 Å². The molecule has 0 aliphatic heterocycles. The number of hydrogen-bond donors (Lipinski definition) is 1. The van der Waals surface area contributed by atoms with Crippen molar-refractivity contribution in [2.24, 2.45) is 0 Å². The van der Waals surface area contributed by atoms with Crippen LogP contribution in [0.25, 0.3) is 5.69 Å². The summed E-state index contributed by atoms with van der Waals surface area (Å²) in [6.07, 6.45) is 3.38. The van der Waals surface area contributed by atoms with Crippen LogP contribution in [0.5, 0.6) is 0 Å². The minimum atomic E-state index is -0.209. The summed E-state index contributed by atoms with van der Waals surface area (Å²) < 4.78 is 1.61. The molecule has 0 radical (unpaired) electrons. The lowest BCUT2D eigenvalue weighted by Gasteiger charge is -2.15. The zero-order valence-electron chi connectivity index (χ0n) is 15.3. The van der Waals surface area contributed by atoms with Crippen molar-refractivity contribution >= 4 is 23.6 Å². The monoisotopic (exact) mass is 376 g/mol. The Morgan fingerprint density at radius 3 is 2.65 bits per heavy atom.